The third kappa shape index (κ3) is 5.53. The SMILES string of the molecule is COC(=O)c1cc(C(=O)OC)cc(S(=O)(=O)N(C)CCc2ccc(OC)c(OC)c2)c1. The van der Waals surface area contributed by atoms with E-state index < -0.39 is 22.0 Å². The van der Waals surface area contributed by atoms with Crippen LogP contribution in [-0.2, 0) is 25.9 Å². The zero-order valence-electron chi connectivity index (χ0n) is 18.0. The molecule has 0 saturated heterocycles. The van der Waals surface area contributed by atoms with Gasteiger partial charge in [0.1, 0.15) is 0 Å². The minimum absolute atomic E-state index is 0.0720. The molecule has 0 spiro atoms. The van der Waals surface area contributed by atoms with Gasteiger partial charge in [-0.3, -0.25) is 0 Å². The molecule has 0 atom stereocenters. The molecule has 168 valence electrons. The lowest BCUT2D eigenvalue weighted by Crippen LogP contribution is -2.29. The fourth-order valence-electron chi connectivity index (χ4n) is 2.84. The summed E-state index contributed by atoms with van der Waals surface area (Å²) in [6, 6.07) is 8.88. The minimum Gasteiger partial charge on any atom is -0.493 e. The van der Waals surface area contributed by atoms with E-state index in [1.807, 2.05) is 6.07 Å². The van der Waals surface area contributed by atoms with Crippen LogP contribution in [0.15, 0.2) is 41.3 Å². The number of methoxy groups -OCH3 is 4. The lowest BCUT2D eigenvalue weighted by atomic mass is 10.1. The third-order valence-electron chi connectivity index (χ3n) is 4.62. The van der Waals surface area contributed by atoms with Crippen LogP contribution in [0, 0.1) is 0 Å². The second kappa shape index (κ2) is 10.3. The Balaban J connectivity index is 2.31. The van der Waals surface area contributed by atoms with Gasteiger partial charge in [0, 0.05) is 13.6 Å². The summed E-state index contributed by atoms with van der Waals surface area (Å²) in [6.45, 7) is 0.147. The number of sulfonamides is 1. The van der Waals surface area contributed by atoms with Gasteiger partial charge < -0.3 is 18.9 Å². The molecule has 0 N–H and O–H groups in total. The summed E-state index contributed by atoms with van der Waals surface area (Å²) in [5, 5.41) is 0. The number of benzene rings is 2. The van der Waals surface area contributed by atoms with Gasteiger partial charge in [0.25, 0.3) is 0 Å². The van der Waals surface area contributed by atoms with Crippen LogP contribution in [0.3, 0.4) is 0 Å². The lowest BCUT2D eigenvalue weighted by Gasteiger charge is -2.18. The van der Waals surface area contributed by atoms with E-state index in [0.29, 0.717) is 17.9 Å². The molecule has 0 saturated carbocycles. The van der Waals surface area contributed by atoms with Gasteiger partial charge in [0.2, 0.25) is 10.0 Å². The van der Waals surface area contributed by atoms with E-state index in [-0.39, 0.29) is 22.6 Å². The maximum absolute atomic E-state index is 13.1. The van der Waals surface area contributed by atoms with Crippen LogP contribution >= 0.6 is 0 Å². The van der Waals surface area contributed by atoms with Crippen LogP contribution in [0.2, 0.25) is 0 Å². The van der Waals surface area contributed by atoms with Crippen molar-refractivity contribution >= 4 is 22.0 Å². The smallest absolute Gasteiger partial charge is 0.337 e. The molecule has 0 aliphatic rings. The van der Waals surface area contributed by atoms with Crippen molar-refractivity contribution in [2.75, 3.05) is 42.0 Å². The fourth-order valence-corrected chi connectivity index (χ4v) is 4.09. The average molecular weight is 451 g/mol. The summed E-state index contributed by atoms with van der Waals surface area (Å²) in [4.78, 5) is 23.7. The maximum atomic E-state index is 13.1. The number of esters is 2. The minimum atomic E-state index is -4.00. The molecular formula is C21H25NO8S. The van der Waals surface area contributed by atoms with Crippen molar-refractivity contribution in [1.82, 2.24) is 4.31 Å². The van der Waals surface area contributed by atoms with Gasteiger partial charge in [0.15, 0.2) is 11.5 Å². The van der Waals surface area contributed by atoms with Crippen LogP contribution in [0.1, 0.15) is 26.3 Å². The Morgan fingerprint density at radius 2 is 1.39 bits per heavy atom. The average Bonchev–Trinajstić information content (AvgIpc) is 2.80. The summed E-state index contributed by atoms with van der Waals surface area (Å²) in [7, 11) is 2.79. The number of hydrogen-bond acceptors (Lipinski definition) is 8. The van der Waals surface area contributed by atoms with Gasteiger partial charge in [-0.1, -0.05) is 6.07 Å². The maximum Gasteiger partial charge on any atom is 0.337 e. The molecule has 0 unspecified atom stereocenters. The Bertz CT molecular complexity index is 1030. The molecule has 0 aliphatic carbocycles. The molecule has 0 aromatic heterocycles. The lowest BCUT2D eigenvalue weighted by molar-refractivity contribution is 0.0598. The first-order chi connectivity index (χ1) is 14.7. The van der Waals surface area contributed by atoms with Crippen LogP contribution < -0.4 is 9.47 Å². The highest BCUT2D eigenvalue weighted by atomic mass is 32.2. The monoisotopic (exact) mass is 451 g/mol. The molecular weight excluding hydrogens is 426 g/mol. The molecule has 0 aliphatic heterocycles. The van der Waals surface area contributed by atoms with Gasteiger partial charge in [-0.05, 0) is 42.3 Å². The number of nitrogens with zero attached hydrogens (tertiary/aromatic N) is 1. The second-order valence-corrected chi connectivity index (χ2v) is 8.54. The van der Waals surface area contributed by atoms with Crippen LogP contribution in [0.4, 0.5) is 0 Å². The molecule has 2 rings (SSSR count). The highest BCUT2D eigenvalue weighted by Gasteiger charge is 2.25. The fraction of sp³-hybridized carbons (Fsp3) is 0.333. The van der Waals surface area contributed by atoms with Crippen molar-refractivity contribution in [2.24, 2.45) is 0 Å². The zero-order valence-corrected chi connectivity index (χ0v) is 18.8. The van der Waals surface area contributed by atoms with E-state index in [9.17, 15) is 18.0 Å². The van der Waals surface area contributed by atoms with Gasteiger partial charge in [-0.15, -0.1) is 0 Å². The first kappa shape index (κ1) is 24.2. The molecule has 9 nitrogen and oxygen atoms in total. The topological polar surface area (TPSA) is 108 Å². The number of rotatable bonds is 9. The molecule has 0 amide bonds. The Morgan fingerprint density at radius 1 is 0.839 bits per heavy atom. The Kier molecular flexibility index (Phi) is 8.01. The van der Waals surface area contributed by atoms with E-state index >= 15 is 0 Å². The molecule has 31 heavy (non-hydrogen) atoms. The van der Waals surface area contributed by atoms with E-state index in [2.05, 4.69) is 9.47 Å². The summed E-state index contributed by atoms with van der Waals surface area (Å²) in [5.74, 6) is -0.424. The van der Waals surface area contributed by atoms with E-state index in [1.165, 1.54) is 39.5 Å². The molecule has 0 bridgehead atoms. The second-order valence-electron chi connectivity index (χ2n) is 6.50. The largest absolute Gasteiger partial charge is 0.493 e. The molecule has 10 heteroatoms. The van der Waals surface area contributed by atoms with Crippen molar-refractivity contribution < 1.29 is 37.0 Å². The van der Waals surface area contributed by atoms with Gasteiger partial charge in [-0.25, -0.2) is 22.3 Å². The van der Waals surface area contributed by atoms with Crippen LogP contribution in [0.25, 0.3) is 0 Å². The summed E-state index contributed by atoms with van der Waals surface area (Å²) in [6.07, 6.45) is 0.399. The first-order valence-corrected chi connectivity index (χ1v) is 10.6. The number of carbonyl (C=O) groups excluding carboxylic acids is 2. The van der Waals surface area contributed by atoms with Crippen molar-refractivity contribution in [1.29, 1.82) is 0 Å². The van der Waals surface area contributed by atoms with E-state index in [0.717, 1.165) is 24.1 Å². The van der Waals surface area contributed by atoms with Crippen molar-refractivity contribution in [3.63, 3.8) is 0 Å². The third-order valence-corrected chi connectivity index (χ3v) is 6.45. The Hall–Kier alpha value is -3.11. The highest BCUT2D eigenvalue weighted by molar-refractivity contribution is 7.89. The number of carbonyl (C=O) groups is 2. The molecule has 0 radical (unpaired) electrons. The van der Waals surface area contributed by atoms with Crippen molar-refractivity contribution in [3.8, 4) is 11.5 Å². The zero-order chi connectivity index (χ0) is 23.2. The van der Waals surface area contributed by atoms with Gasteiger partial charge in [-0.2, -0.15) is 0 Å². The molecule has 0 fully saturated rings. The normalized spacial score (nSPS) is 11.2. The molecule has 2 aromatic rings. The summed E-state index contributed by atoms with van der Waals surface area (Å²) >= 11 is 0. The Labute approximate surface area is 181 Å². The van der Waals surface area contributed by atoms with E-state index in [4.69, 9.17) is 9.47 Å². The first-order valence-electron chi connectivity index (χ1n) is 9.16. The number of likely N-dealkylation sites (N-methyl/N-ethyl adjacent to an activating group) is 1. The van der Waals surface area contributed by atoms with Crippen molar-refractivity contribution in [2.45, 2.75) is 11.3 Å². The van der Waals surface area contributed by atoms with Gasteiger partial charge >= 0.3 is 11.9 Å². The van der Waals surface area contributed by atoms with Crippen LogP contribution in [0.5, 0.6) is 11.5 Å². The molecule has 0 heterocycles. The number of ether oxygens (including phenoxy) is 4. The standard InChI is InChI=1S/C21H25NO8S/c1-22(9-8-14-6-7-18(27-2)19(10-14)28-3)31(25,26)17-12-15(20(23)29-4)11-16(13-17)21(24)30-5/h6-7,10-13H,8-9H2,1-5H3. The number of hydrogen-bond donors (Lipinski definition) is 0. The highest BCUT2D eigenvalue weighted by Crippen LogP contribution is 2.28. The quantitative estimate of drug-likeness (QED) is 0.534. The predicted octanol–water partition coefficient (Wildman–Crippen LogP) is 2.14. The van der Waals surface area contributed by atoms with Crippen LogP contribution in [-0.4, -0.2) is 66.7 Å². The summed E-state index contributed by atoms with van der Waals surface area (Å²) < 4.78 is 47.1. The van der Waals surface area contributed by atoms with Gasteiger partial charge in [0.05, 0.1) is 44.5 Å². The van der Waals surface area contributed by atoms with E-state index in [1.54, 1.807) is 12.1 Å². The van der Waals surface area contributed by atoms with Crippen molar-refractivity contribution in [3.05, 3.63) is 53.1 Å². The predicted molar refractivity (Wildman–Crippen MR) is 112 cm³/mol. The summed E-state index contributed by atoms with van der Waals surface area (Å²) in [5.41, 5.74) is 0.702. The molecule has 2 aromatic carbocycles. The Morgan fingerprint density at radius 3 is 1.87 bits per heavy atom.